The molecule has 9 nitrogen and oxygen atoms in total. The molecule has 10 heteroatoms. The van der Waals surface area contributed by atoms with Gasteiger partial charge in [0.1, 0.15) is 28.2 Å². The SMILES string of the molecule is Cc1ccccc1-n1c(Cn2nc(I)c3c(N)ncnc32)nc2nccc(C)c2c1=O. The molecule has 4 heterocycles. The second kappa shape index (κ2) is 7.38. The van der Waals surface area contributed by atoms with Gasteiger partial charge in [0.05, 0.1) is 16.5 Å². The van der Waals surface area contributed by atoms with Crippen LogP contribution in [-0.4, -0.2) is 34.3 Å². The standard InChI is InChI=1S/C21H17IN8O/c1-11-5-3-4-6-13(11)30-14(27-19-15(21(30)31)12(2)7-8-24-19)9-29-20-16(17(22)28-29)18(23)25-10-26-20/h3-8,10H,9H2,1-2H3,(H2,23,25,26). The Bertz CT molecular complexity index is 1540. The van der Waals surface area contributed by atoms with Crippen molar-refractivity contribution in [2.75, 3.05) is 5.73 Å². The molecular weight excluding hydrogens is 507 g/mol. The van der Waals surface area contributed by atoms with Crippen molar-refractivity contribution in [2.45, 2.75) is 20.4 Å². The Morgan fingerprint density at radius 2 is 1.84 bits per heavy atom. The van der Waals surface area contributed by atoms with E-state index in [0.717, 1.165) is 16.8 Å². The maximum Gasteiger partial charge on any atom is 0.267 e. The second-order valence-electron chi connectivity index (χ2n) is 7.19. The molecule has 0 saturated carbocycles. The molecule has 5 aromatic rings. The van der Waals surface area contributed by atoms with Gasteiger partial charge in [-0.15, -0.1) is 0 Å². The molecule has 0 saturated heterocycles. The van der Waals surface area contributed by atoms with E-state index in [0.29, 0.717) is 37.4 Å². The number of hydrogen-bond acceptors (Lipinski definition) is 7. The first-order valence-electron chi connectivity index (χ1n) is 9.51. The number of nitrogens with zero attached hydrogens (tertiary/aromatic N) is 7. The van der Waals surface area contributed by atoms with E-state index >= 15 is 0 Å². The lowest BCUT2D eigenvalue weighted by Gasteiger charge is -2.16. The summed E-state index contributed by atoms with van der Waals surface area (Å²) in [4.78, 5) is 31.2. The van der Waals surface area contributed by atoms with Gasteiger partial charge in [-0.25, -0.2) is 24.6 Å². The summed E-state index contributed by atoms with van der Waals surface area (Å²) in [5.41, 5.74) is 9.41. The van der Waals surface area contributed by atoms with E-state index < -0.39 is 0 Å². The number of rotatable bonds is 3. The lowest BCUT2D eigenvalue weighted by atomic mass is 10.1. The van der Waals surface area contributed by atoms with Gasteiger partial charge >= 0.3 is 0 Å². The van der Waals surface area contributed by atoms with Crippen molar-refractivity contribution in [2.24, 2.45) is 0 Å². The highest BCUT2D eigenvalue weighted by Crippen LogP contribution is 2.24. The third-order valence-corrected chi connectivity index (χ3v) is 5.97. The van der Waals surface area contributed by atoms with Gasteiger partial charge in [0.15, 0.2) is 11.3 Å². The highest BCUT2D eigenvalue weighted by atomic mass is 127. The number of pyridine rings is 1. The molecule has 0 fully saturated rings. The molecule has 0 aliphatic carbocycles. The predicted octanol–water partition coefficient (Wildman–Crippen LogP) is 2.77. The van der Waals surface area contributed by atoms with Crippen LogP contribution in [0, 0.1) is 17.5 Å². The van der Waals surface area contributed by atoms with Crippen LogP contribution in [-0.2, 0) is 6.54 Å². The van der Waals surface area contributed by atoms with Crippen molar-refractivity contribution in [1.29, 1.82) is 0 Å². The van der Waals surface area contributed by atoms with Gasteiger partial charge < -0.3 is 5.73 Å². The van der Waals surface area contributed by atoms with Crippen LogP contribution < -0.4 is 11.3 Å². The first-order valence-corrected chi connectivity index (χ1v) is 10.6. The molecule has 0 unspecified atom stereocenters. The summed E-state index contributed by atoms with van der Waals surface area (Å²) >= 11 is 2.10. The van der Waals surface area contributed by atoms with Crippen molar-refractivity contribution in [3.63, 3.8) is 0 Å². The molecular formula is C21H17IN8O. The van der Waals surface area contributed by atoms with Crippen LogP contribution in [0.1, 0.15) is 17.0 Å². The number of benzene rings is 1. The molecule has 4 aromatic heterocycles. The van der Waals surface area contributed by atoms with Gasteiger partial charge in [0.25, 0.3) is 5.56 Å². The zero-order chi connectivity index (χ0) is 21.7. The van der Waals surface area contributed by atoms with Crippen LogP contribution in [0.5, 0.6) is 0 Å². The first-order chi connectivity index (χ1) is 15.0. The lowest BCUT2D eigenvalue weighted by molar-refractivity contribution is 0.644. The average molecular weight is 524 g/mol. The molecule has 31 heavy (non-hydrogen) atoms. The maximum absolute atomic E-state index is 13.6. The highest BCUT2D eigenvalue weighted by molar-refractivity contribution is 14.1. The molecule has 0 aliphatic heterocycles. The van der Waals surface area contributed by atoms with Gasteiger partial charge in [0, 0.05) is 6.20 Å². The lowest BCUT2D eigenvalue weighted by Crippen LogP contribution is -2.27. The predicted molar refractivity (Wildman–Crippen MR) is 126 cm³/mol. The molecule has 5 rings (SSSR count). The number of anilines is 1. The van der Waals surface area contributed by atoms with Crippen molar-refractivity contribution < 1.29 is 0 Å². The van der Waals surface area contributed by atoms with Crippen molar-refractivity contribution >= 4 is 50.5 Å². The van der Waals surface area contributed by atoms with Gasteiger partial charge in [0.2, 0.25) is 0 Å². The number of nitrogens with two attached hydrogens (primary N) is 1. The van der Waals surface area contributed by atoms with E-state index in [1.54, 1.807) is 15.4 Å². The Hall–Kier alpha value is -3.41. The Labute approximate surface area is 190 Å². The van der Waals surface area contributed by atoms with Crippen LogP contribution in [0.4, 0.5) is 5.82 Å². The summed E-state index contributed by atoms with van der Waals surface area (Å²) in [6.07, 6.45) is 3.06. The Balaban J connectivity index is 1.82. The van der Waals surface area contributed by atoms with E-state index in [9.17, 15) is 4.79 Å². The van der Waals surface area contributed by atoms with Crippen LogP contribution in [0.25, 0.3) is 27.8 Å². The zero-order valence-corrected chi connectivity index (χ0v) is 18.9. The summed E-state index contributed by atoms with van der Waals surface area (Å²) in [5, 5.41) is 5.76. The monoisotopic (exact) mass is 524 g/mol. The minimum Gasteiger partial charge on any atom is -0.383 e. The number of hydrogen-bond donors (Lipinski definition) is 1. The van der Waals surface area contributed by atoms with Crippen molar-refractivity contribution in [3.8, 4) is 5.69 Å². The number of aryl methyl sites for hydroxylation is 2. The molecule has 0 aliphatic rings. The maximum atomic E-state index is 13.6. The Kier molecular flexibility index (Phi) is 4.65. The molecule has 154 valence electrons. The topological polar surface area (TPSA) is 117 Å². The van der Waals surface area contributed by atoms with E-state index in [-0.39, 0.29) is 12.1 Å². The van der Waals surface area contributed by atoms with E-state index in [4.69, 9.17) is 10.7 Å². The van der Waals surface area contributed by atoms with Gasteiger partial charge in [-0.3, -0.25) is 9.36 Å². The van der Waals surface area contributed by atoms with E-state index in [2.05, 4.69) is 42.6 Å². The Morgan fingerprint density at radius 3 is 2.65 bits per heavy atom. The fraction of sp³-hybridized carbons (Fsp3) is 0.143. The smallest absolute Gasteiger partial charge is 0.267 e. The molecule has 1 aromatic carbocycles. The third-order valence-electron chi connectivity index (χ3n) is 5.21. The molecule has 0 bridgehead atoms. The summed E-state index contributed by atoms with van der Waals surface area (Å²) < 4.78 is 4.01. The molecule has 2 N–H and O–H groups in total. The van der Waals surface area contributed by atoms with Crippen molar-refractivity contribution in [3.05, 3.63) is 73.9 Å². The van der Waals surface area contributed by atoms with Crippen LogP contribution in [0.3, 0.4) is 0 Å². The largest absolute Gasteiger partial charge is 0.383 e. The molecule has 0 spiro atoms. The number of fused-ring (bicyclic) bond motifs is 2. The third kappa shape index (κ3) is 3.14. The fourth-order valence-corrected chi connectivity index (χ4v) is 4.47. The second-order valence-corrected chi connectivity index (χ2v) is 8.21. The van der Waals surface area contributed by atoms with Crippen LogP contribution in [0.2, 0.25) is 0 Å². The minimum absolute atomic E-state index is 0.166. The summed E-state index contributed by atoms with van der Waals surface area (Å²) in [6, 6.07) is 9.53. The highest BCUT2D eigenvalue weighted by Gasteiger charge is 2.19. The van der Waals surface area contributed by atoms with E-state index in [1.165, 1.54) is 6.33 Å². The fourth-order valence-electron chi connectivity index (χ4n) is 3.69. The molecule has 0 radical (unpaired) electrons. The van der Waals surface area contributed by atoms with Crippen LogP contribution in [0.15, 0.2) is 47.7 Å². The Morgan fingerprint density at radius 1 is 1.03 bits per heavy atom. The van der Waals surface area contributed by atoms with Gasteiger partial charge in [-0.05, 0) is 59.7 Å². The quantitative estimate of drug-likeness (QED) is 0.361. The number of para-hydroxylation sites is 1. The molecule has 0 atom stereocenters. The van der Waals surface area contributed by atoms with E-state index in [1.807, 2.05) is 44.2 Å². The first kappa shape index (κ1) is 19.5. The minimum atomic E-state index is -0.166. The van der Waals surface area contributed by atoms with Gasteiger partial charge in [-0.2, -0.15) is 5.10 Å². The van der Waals surface area contributed by atoms with Crippen LogP contribution >= 0.6 is 22.6 Å². The number of aromatic nitrogens is 7. The molecule has 0 amide bonds. The van der Waals surface area contributed by atoms with Gasteiger partial charge in [-0.1, -0.05) is 18.2 Å². The number of nitrogen functional groups attached to an aromatic ring is 1. The zero-order valence-electron chi connectivity index (χ0n) is 16.7. The van der Waals surface area contributed by atoms with Crippen molar-refractivity contribution in [1.82, 2.24) is 34.3 Å². The summed E-state index contributed by atoms with van der Waals surface area (Å²) in [7, 11) is 0. The normalized spacial score (nSPS) is 11.5. The summed E-state index contributed by atoms with van der Waals surface area (Å²) in [5.74, 6) is 0.864. The number of halogens is 1. The summed E-state index contributed by atoms with van der Waals surface area (Å²) in [6.45, 7) is 4.06. The average Bonchev–Trinajstić information content (AvgIpc) is 3.05.